The Morgan fingerprint density at radius 3 is 2.60 bits per heavy atom. The first-order chi connectivity index (χ1) is 19.2. The number of carbonyl (C=O) groups excluding carboxylic acids is 1. The zero-order valence-corrected chi connectivity index (χ0v) is 25.0. The van der Waals surface area contributed by atoms with Gasteiger partial charge < -0.3 is 20.1 Å². The van der Waals surface area contributed by atoms with Gasteiger partial charge >= 0.3 is 0 Å². The van der Waals surface area contributed by atoms with Crippen LogP contribution in [0.15, 0.2) is 66.9 Å². The highest BCUT2D eigenvalue weighted by Crippen LogP contribution is 2.42. The molecule has 0 radical (unpaired) electrons. The second-order valence-electron chi connectivity index (χ2n) is 10.5. The lowest BCUT2D eigenvalue weighted by molar-refractivity contribution is -0.116. The highest BCUT2D eigenvalue weighted by molar-refractivity contribution is 7.80. The maximum absolute atomic E-state index is 13.1. The Labute approximate surface area is 246 Å². The first kappa shape index (κ1) is 27.9. The molecule has 2 N–H and O–H groups in total. The summed E-state index contributed by atoms with van der Waals surface area (Å²) >= 11 is 12.4. The molecular weight excluding hydrogens is 538 g/mol. The molecule has 3 heterocycles. The Hall–Kier alpha value is -3.68. The number of halogens is 1. The van der Waals surface area contributed by atoms with E-state index in [1.54, 1.807) is 6.20 Å². The molecule has 40 heavy (non-hydrogen) atoms. The Morgan fingerprint density at radius 1 is 1.05 bits per heavy atom. The third-order valence-corrected chi connectivity index (χ3v) is 8.48. The quantitative estimate of drug-likeness (QED) is 0.232. The van der Waals surface area contributed by atoms with Crippen LogP contribution in [0, 0.1) is 34.6 Å². The zero-order chi connectivity index (χ0) is 28.6. The molecule has 2 atom stereocenters. The van der Waals surface area contributed by atoms with Gasteiger partial charge in [0.25, 0.3) is 0 Å². The summed E-state index contributed by atoms with van der Waals surface area (Å²) in [5.41, 5.74) is 9.30. The van der Waals surface area contributed by atoms with Crippen molar-refractivity contribution in [1.82, 2.24) is 19.8 Å². The molecule has 0 spiro atoms. The summed E-state index contributed by atoms with van der Waals surface area (Å²) in [5.74, 6) is -0.0449. The number of anilines is 1. The van der Waals surface area contributed by atoms with Gasteiger partial charge in [0.2, 0.25) is 5.91 Å². The zero-order valence-electron chi connectivity index (χ0n) is 23.5. The van der Waals surface area contributed by atoms with E-state index in [0.717, 1.165) is 55.7 Å². The molecule has 1 aliphatic heterocycles. The van der Waals surface area contributed by atoms with Crippen molar-refractivity contribution < 1.29 is 4.79 Å². The van der Waals surface area contributed by atoms with Gasteiger partial charge in [-0.25, -0.2) is 0 Å². The number of hydrogen-bond acceptors (Lipinski definition) is 3. The van der Waals surface area contributed by atoms with Crippen LogP contribution >= 0.6 is 23.8 Å². The summed E-state index contributed by atoms with van der Waals surface area (Å²) in [6.07, 6.45) is 2.10. The molecule has 1 saturated heterocycles. The molecule has 0 saturated carbocycles. The van der Waals surface area contributed by atoms with Gasteiger partial charge in [0, 0.05) is 46.9 Å². The van der Waals surface area contributed by atoms with Gasteiger partial charge in [0.15, 0.2) is 5.11 Å². The van der Waals surface area contributed by atoms with E-state index in [1.165, 1.54) is 0 Å². The van der Waals surface area contributed by atoms with Gasteiger partial charge in [0.1, 0.15) is 0 Å². The molecule has 0 bridgehead atoms. The minimum atomic E-state index is -0.162. The van der Waals surface area contributed by atoms with Crippen LogP contribution in [0.5, 0.6) is 0 Å². The smallest absolute Gasteiger partial charge is 0.226 e. The van der Waals surface area contributed by atoms with E-state index in [1.807, 2.05) is 69.3 Å². The van der Waals surface area contributed by atoms with Crippen molar-refractivity contribution in [3.05, 3.63) is 111 Å². The van der Waals surface area contributed by atoms with Crippen LogP contribution in [-0.2, 0) is 4.79 Å². The number of carbonyl (C=O) groups is 1. The Bertz CT molecular complexity index is 1580. The summed E-state index contributed by atoms with van der Waals surface area (Å²) in [7, 11) is 0. The van der Waals surface area contributed by atoms with Crippen molar-refractivity contribution in [1.29, 1.82) is 0 Å². The molecule has 206 valence electrons. The fourth-order valence-electron chi connectivity index (χ4n) is 5.59. The van der Waals surface area contributed by atoms with E-state index in [0.29, 0.717) is 18.1 Å². The van der Waals surface area contributed by atoms with Crippen molar-refractivity contribution in [3.63, 3.8) is 0 Å². The summed E-state index contributed by atoms with van der Waals surface area (Å²) in [5, 5.41) is 7.94. The minimum Gasteiger partial charge on any atom is -0.352 e. The van der Waals surface area contributed by atoms with Gasteiger partial charge in [-0.1, -0.05) is 35.9 Å². The van der Waals surface area contributed by atoms with Crippen LogP contribution in [0.25, 0.3) is 5.69 Å². The van der Waals surface area contributed by atoms with Crippen LogP contribution in [0.2, 0.25) is 5.02 Å². The van der Waals surface area contributed by atoms with Gasteiger partial charge in [-0.2, -0.15) is 0 Å². The second kappa shape index (κ2) is 11.4. The number of nitrogens with zero attached hydrogens (tertiary/aromatic N) is 3. The van der Waals surface area contributed by atoms with Crippen molar-refractivity contribution >= 4 is 40.5 Å². The van der Waals surface area contributed by atoms with E-state index in [9.17, 15) is 4.79 Å². The fourth-order valence-corrected chi connectivity index (χ4v) is 6.09. The largest absolute Gasteiger partial charge is 0.352 e. The third-order valence-electron chi connectivity index (χ3n) is 7.71. The van der Waals surface area contributed by atoms with E-state index in [-0.39, 0.29) is 18.0 Å². The normalized spacial score (nSPS) is 16.8. The SMILES string of the molecule is Cc1ccc(C)c(NC(=O)CCN2C(=S)N[C@@H](c3ccccn3)[C@H]2c2cc(C)n(-c3cccc(Cl)c3C)c2C)c1. The molecule has 6 nitrogen and oxygen atoms in total. The number of amides is 1. The second-order valence-corrected chi connectivity index (χ2v) is 11.3. The minimum absolute atomic E-state index is 0.0449. The van der Waals surface area contributed by atoms with E-state index >= 15 is 0 Å². The highest BCUT2D eigenvalue weighted by atomic mass is 35.5. The first-order valence-electron chi connectivity index (χ1n) is 13.4. The Kier molecular flexibility index (Phi) is 7.97. The molecule has 1 aliphatic rings. The van der Waals surface area contributed by atoms with Crippen LogP contribution in [0.4, 0.5) is 5.69 Å². The molecule has 5 rings (SSSR count). The average Bonchev–Trinajstić information content (AvgIpc) is 3.41. The summed E-state index contributed by atoms with van der Waals surface area (Å²) in [6.45, 7) is 10.8. The number of hydrogen-bond donors (Lipinski definition) is 2. The molecule has 1 amide bonds. The number of nitrogens with one attached hydrogen (secondary N) is 2. The standard InChI is InChI=1S/C32H34ClN5OS/c1-19-12-13-20(2)27(17-19)35-29(39)14-16-37-31(30(36-32(37)40)26-10-6-7-15-34-26)24-18-21(3)38(23(24)5)28-11-8-9-25(33)22(28)4/h6-13,15,17-18,30-31H,14,16H2,1-5H3,(H,35,39)(H,36,40)/t30-,31+/m0/s1. The molecule has 0 unspecified atom stereocenters. The molecule has 4 aromatic rings. The third kappa shape index (κ3) is 5.36. The molecular formula is C32H34ClN5OS. The van der Waals surface area contributed by atoms with E-state index in [2.05, 4.69) is 51.1 Å². The van der Waals surface area contributed by atoms with Crippen molar-refractivity contribution in [2.24, 2.45) is 0 Å². The molecule has 1 fully saturated rings. The first-order valence-corrected chi connectivity index (χ1v) is 14.2. The van der Waals surface area contributed by atoms with Gasteiger partial charge in [-0.3, -0.25) is 9.78 Å². The number of benzene rings is 2. The maximum Gasteiger partial charge on any atom is 0.226 e. The predicted octanol–water partition coefficient (Wildman–Crippen LogP) is 7.07. The average molecular weight is 572 g/mol. The van der Waals surface area contributed by atoms with Crippen molar-refractivity contribution in [2.45, 2.75) is 53.1 Å². The lowest BCUT2D eigenvalue weighted by atomic mass is 9.96. The topological polar surface area (TPSA) is 62.2 Å². The molecule has 2 aromatic heterocycles. The van der Waals surface area contributed by atoms with Gasteiger partial charge in [-0.15, -0.1) is 0 Å². The van der Waals surface area contributed by atoms with Gasteiger partial charge in [0.05, 0.1) is 17.8 Å². The van der Waals surface area contributed by atoms with Crippen LogP contribution in [-0.4, -0.2) is 32.0 Å². The van der Waals surface area contributed by atoms with Crippen molar-refractivity contribution in [2.75, 3.05) is 11.9 Å². The Balaban J connectivity index is 1.49. The van der Waals surface area contributed by atoms with Crippen LogP contribution in [0.3, 0.4) is 0 Å². The van der Waals surface area contributed by atoms with Gasteiger partial charge in [-0.05, 0) is 105 Å². The summed E-state index contributed by atoms with van der Waals surface area (Å²) in [6, 6.07) is 19.9. The Morgan fingerprint density at radius 2 is 1.85 bits per heavy atom. The van der Waals surface area contributed by atoms with Crippen LogP contribution in [0.1, 0.15) is 57.8 Å². The monoisotopic (exact) mass is 571 g/mol. The van der Waals surface area contributed by atoms with E-state index in [4.69, 9.17) is 23.8 Å². The lowest BCUT2D eigenvalue weighted by Gasteiger charge is -2.28. The summed E-state index contributed by atoms with van der Waals surface area (Å²) < 4.78 is 2.25. The number of rotatable bonds is 7. The summed E-state index contributed by atoms with van der Waals surface area (Å²) in [4.78, 5) is 19.9. The van der Waals surface area contributed by atoms with Crippen molar-refractivity contribution in [3.8, 4) is 5.69 Å². The highest BCUT2D eigenvalue weighted by Gasteiger charge is 2.41. The fraction of sp³-hybridized carbons (Fsp3) is 0.281. The number of thiocarbonyl (C=S) groups is 1. The van der Waals surface area contributed by atoms with E-state index < -0.39 is 0 Å². The lowest BCUT2D eigenvalue weighted by Crippen LogP contribution is -2.33. The number of pyridine rings is 1. The maximum atomic E-state index is 13.1. The van der Waals surface area contributed by atoms with Crippen LogP contribution < -0.4 is 10.6 Å². The number of aromatic nitrogens is 2. The molecule has 8 heteroatoms. The molecule has 0 aliphatic carbocycles. The predicted molar refractivity (Wildman–Crippen MR) is 166 cm³/mol. The molecule has 2 aromatic carbocycles. The number of aryl methyl sites for hydroxylation is 3.